The Balaban J connectivity index is 1.04. The van der Waals surface area contributed by atoms with E-state index >= 15 is 0 Å². The van der Waals surface area contributed by atoms with E-state index in [0.717, 1.165) is 16.7 Å². The summed E-state index contributed by atoms with van der Waals surface area (Å²) < 4.78 is 1.45. The smallest absolute Gasteiger partial charge is 0.266 e. The first-order valence-electron chi connectivity index (χ1n) is 14.4. The van der Waals surface area contributed by atoms with Gasteiger partial charge in [0, 0.05) is 44.4 Å². The first-order valence-corrected chi connectivity index (χ1v) is 14.4. The van der Waals surface area contributed by atoms with Crippen molar-refractivity contribution in [2.75, 3.05) is 13.1 Å². The summed E-state index contributed by atoms with van der Waals surface area (Å²) in [5, 5.41) is 14.5. The van der Waals surface area contributed by atoms with E-state index in [1.54, 1.807) is 24.4 Å². The summed E-state index contributed by atoms with van der Waals surface area (Å²) in [4.78, 5) is 62.7. The van der Waals surface area contributed by atoms with Gasteiger partial charge in [0.15, 0.2) is 0 Å². The van der Waals surface area contributed by atoms with Gasteiger partial charge in [-0.25, -0.2) is 9.97 Å². The van der Waals surface area contributed by atoms with Crippen molar-refractivity contribution in [3.8, 4) is 5.82 Å². The predicted molar refractivity (Wildman–Crippen MR) is 156 cm³/mol. The molecule has 7 rings (SSSR count). The molecule has 0 saturated carbocycles. The molecule has 3 amide bonds. The van der Waals surface area contributed by atoms with Crippen LogP contribution in [0.3, 0.4) is 0 Å². The van der Waals surface area contributed by atoms with Crippen LogP contribution in [0.25, 0.3) is 16.7 Å². The number of nitrogens with one attached hydrogen (secondary N) is 1. The average molecular weight is 579 g/mol. The lowest BCUT2D eigenvalue weighted by molar-refractivity contribution is -0.136. The van der Waals surface area contributed by atoms with Crippen LogP contribution >= 0.6 is 0 Å². The number of rotatable bonds is 5. The lowest BCUT2D eigenvalue weighted by atomic mass is 9.83. The van der Waals surface area contributed by atoms with Crippen LogP contribution in [0.2, 0.25) is 0 Å². The van der Waals surface area contributed by atoms with E-state index in [1.165, 1.54) is 15.8 Å². The Morgan fingerprint density at radius 2 is 1.81 bits per heavy atom. The number of fused-ring (bicyclic) bond motifs is 2. The van der Waals surface area contributed by atoms with Crippen LogP contribution < -0.4 is 10.9 Å². The highest BCUT2D eigenvalue weighted by atomic mass is 16.3. The summed E-state index contributed by atoms with van der Waals surface area (Å²) in [6.07, 6.45) is 4.68. The molecule has 4 aromatic rings. The molecule has 3 aliphatic heterocycles. The van der Waals surface area contributed by atoms with Crippen molar-refractivity contribution in [3.63, 3.8) is 0 Å². The largest absolute Gasteiger partial charge is 0.385 e. The molecular weight excluding hydrogens is 548 g/mol. The van der Waals surface area contributed by atoms with Gasteiger partial charge in [-0.05, 0) is 66.3 Å². The van der Waals surface area contributed by atoms with Gasteiger partial charge in [-0.15, -0.1) is 0 Å². The SMILES string of the molecule is O=C1CCC(N2Cc3cc(C4(O)CCN(Cc5ccc6ncn(-c7ccccn7)c(=O)c6c5)CC4)ccc3C2=O)C(=O)N1. The maximum absolute atomic E-state index is 13.2. The summed E-state index contributed by atoms with van der Waals surface area (Å²) in [6, 6.07) is 15.9. The number of carbonyl (C=O) groups is 3. The van der Waals surface area contributed by atoms with E-state index in [-0.39, 0.29) is 30.3 Å². The first-order chi connectivity index (χ1) is 20.8. The fraction of sp³-hybridized carbons (Fsp3) is 0.312. The van der Waals surface area contributed by atoms with E-state index in [2.05, 4.69) is 20.2 Å². The number of nitrogens with zero attached hydrogens (tertiary/aromatic N) is 5. The zero-order chi connectivity index (χ0) is 29.7. The van der Waals surface area contributed by atoms with Crippen molar-refractivity contribution >= 4 is 28.6 Å². The molecule has 0 radical (unpaired) electrons. The van der Waals surface area contributed by atoms with E-state index in [9.17, 15) is 24.3 Å². The molecule has 5 heterocycles. The quantitative estimate of drug-likeness (QED) is 0.343. The van der Waals surface area contributed by atoms with Crippen molar-refractivity contribution in [2.45, 2.75) is 50.4 Å². The Labute approximate surface area is 246 Å². The number of benzene rings is 2. The van der Waals surface area contributed by atoms with Crippen LogP contribution in [0, 0.1) is 0 Å². The normalized spacial score (nSPS) is 20.3. The zero-order valence-corrected chi connectivity index (χ0v) is 23.4. The van der Waals surface area contributed by atoms with Gasteiger partial charge in [-0.2, -0.15) is 0 Å². The topological polar surface area (TPSA) is 138 Å². The van der Waals surface area contributed by atoms with Crippen molar-refractivity contribution in [1.29, 1.82) is 0 Å². The van der Waals surface area contributed by atoms with E-state index < -0.39 is 17.6 Å². The van der Waals surface area contributed by atoms with Crippen LogP contribution in [-0.2, 0) is 28.3 Å². The third kappa shape index (κ3) is 4.90. The fourth-order valence-electron chi connectivity index (χ4n) is 6.42. The average Bonchev–Trinajstić information content (AvgIpc) is 3.34. The van der Waals surface area contributed by atoms with Gasteiger partial charge in [0.25, 0.3) is 11.5 Å². The van der Waals surface area contributed by atoms with Crippen molar-refractivity contribution in [3.05, 3.63) is 99.7 Å². The van der Waals surface area contributed by atoms with Crippen LogP contribution in [0.5, 0.6) is 0 Å². The number of piperidine rings is 2. The third-order valence-electron chi connectivity index (χ3n) is 8.87. The number of hydrogen-bond donors (Lipinski definition) is 2. The van der Waals surface area contributed by atoms with Gasteiger partial charge in [-0.3, -0.25) is 34.0 Å². The second-order valence-corrected chi connectivity index (χ2v) is 11.5. The molecule has 2 fully saturated rings. The highest BCUT2D eigenvalue weighted by molar-refractivity contribution is 6.05. The molecule has 218 valence electrons. The summed E-state index contributed by atoms with van der Waals surface area (Å²) in [7, 11) is 0. The van der Waals surface area contributed by atoms with Crippen LogP contribution in [0.15, 0.2) is 71.9 Å². The number of imide groups is 1. The standard InChI is InChI=1S/C32H30N6O5/c39-28-9-8-26(29(40)35-28)37-18-21-16-22(5-6-23(21)30(37)41)32(43)10-13-36(14-11-32)17-20-4-7-25-24(15-20)31(42)38(19-34-25)27-3-1-2-12-33-27/h1-7,12,15-16,19,26,43H,8-11,13-14,17-18H2,(H,35,39,40). The summed E-state index contributed by atoms with van der Waals surface area (Å²) in [5.74, 6) is -0.467. The van der Waals surface area contributed by atoms with Gasteiger partial charge in [0.1, 0.15) is 18.2 Å². The molecule has 0 aliphatic carbocycles. The third-order valence-corrected chi connectivity index (χ3v) is 8.87. The molecule has 43 heavy (non-hydrogen) atoms. The van der Waals surface area contributed by atoms with Gasteiger partial charge < -0.3 is 10.0 Å². The van der Waals surface area contributed by atoms with E-state index in [4.69, 9.17) is 0 Å². The van der Waals surface area contributed by atoms with Gasteiger partial charge in [0.05, 0.1) is 16.5 Å². The number of likely N-dealkylation sites (tertiary alicyclic amines) is 1. The molecular formula is C32H30N6O5. The highest BCUT2D eigenvalue weighted by Crippen LogP contribution is 2.37. The van der Waals surface area contributed by atoms with Crippen LogP contribution in [0.4, 0.5) is 0 Å². The minimum atomic E-state index is -1.04. The Kier molecular flexibility index (Phi) is 6.63. The molecule has 2 aromatic carbocycles. The van der Waals surface area contributed by atoms with Gasteiger partial charge >= 0.3 is 0 Å². The molecule has 11 nitrogen and oxygen atoms in total. The first kappa shape index (κ1) is 27.1. The minimum Gasteiger partial charge on any atom is -0.385 e. The number of aromatic nitrogens is 3. The molecule has 1 unspecified atom stereocenters. The Bertz CT molecular complexity index is 1830. The Morgan fingerprint density at radius 3 is 2.58 bits per heavy atom. The molecule has 2 N–H and O–H groups in total. The monoisotopic (exact) mass is 578 g/mol. The molecule has 2 saturated heterocycles. The summed E-state index contributed by atoms with van der Waals surface area (Å²) in [6.45, 7) is 2.20. The second-order valence-electron chi connectivity index (χ2n) is 11.5. The Hall–Kier alpha value is -4.74. The maximum atomic E-state index is 13.2. The van der Waals surface area contributed by atoms with Crippen LogP contribution in [0.1, 0.15) is 52.7 Å². The fourth-order valence-corrected chi connectivity index (χ4v) is 6.42. The highest BCUT2D eigenvalue weighted by Gasteiger charge is 2.40. The van der Waals surface area contributed by atoms with Gasteiger partial charge in [-0.1, -0.05) is 24.3 Å². The predicted octanol–water partition coefficient (Wildman–Crippen LogP) is 2.03. The van der Waals surface area contributed by atoms with E-state index in [1.807, 2.05) is 36.4 Å². The lowest BCUT2D eigenvalue weighted by Crippen LogP contribution is -2.52. The summed E-state index contributed by atoms with van der Waals surface area (Å²) in [5.41, 5.74) is 2.47. The molecule has 2 aromatic heterocycles. The summed E-state index contributed by atoms with van der Waals surface area (Å²) >= 11 is 0. The number of aliphatic hydroxyl groups is 1. The number of amides is 3. The molecule has 11 heteroatoms. The van der Waals surface area contributed by atoms with Crippen LogP contribution in [-0.4, -0.2) is 66.3 Å². The zero-order valence-electron chi connectivity index (χ0n) is 23.4. The van der Waals surface area contributed by atoms with Crippen molar-refractivity contribution < 1.29 is 19.5 Å². The van der Waals surface area contributed by atoms with E-state index in [0.29, 0.717) is 61.2 Å². The lowest BCUT2D eigenvalue weighted by Gasteiger charge is -2.38. The number of hydrogen-bond acceptors (Lipinski definition) is 8. The minimum absolute atomic E-state index is 0.176. The molecule has 3 aliphatic rings. The Morgan fingerprint density at radius 1 is 0.977 bits per heavy atom. The molecule has 1 atom stereocenters. The second kappa shape index (κ2) is 10.5. The number of carbonyl (C=O) groups excluding carboxylic acids is 3. The van der Waals surface area contributed by atoms with Gasteiger partial charge in [0.2, 0.25) is 11.8 Å². The number of pyridine rings is 1. The molecule has 0 spiro atoms. The maximum Gasteiger partial charge on any atom is 0.266 e. The molecule has 0 bridgehead atoms. The van der Waals surface area contributed by atoms with Crippen molar-refractivity contribution in [1.82, 2.24) is 29.7 Å². The van der Waals surface area contributed by atoms with Crippen molar-refractivity contribution in [2.24, 2.45) is 0 Å².